The molecule has 0 bridgehead atoms. The summed E-state index contributed by atoms with van der Waals surface area (Å²) >= 11 is 0. The molecule has 6 heteroatoms. The van der Waals surface area contributed by atoms with Crippen LogP contribution < -0.4 is 4.74 Å². The molecular formula is C22H28N2O4. The number of hydrogen-bond donors (Lipinski definition) is 0. The van der Waals surface area contributed by atoms with Crippen LogP contribution in [0.1, 0.15) is 48.8 Å². The van der Waals surface area contributed by atoms with Crippen LogP contribution in [0, 0.1) is 6.92 Å². The molecule has 150 valence electrons. The molecule has 1 aliphatic rings. The van der Waals surface area contributed by atoms with Crippen LogP contribution >= 0.6 is 0 Å². The number of hydrogen-bond acceptors (Lipinski definition) is 4. The van der Waals surface area contributed by atoms with Gasteiger partial charge in [-0.25, -0.2) is 4.79 Å². The van der Waals surface area contributed by atoms with Crippen molar-refractivity contribution in [1.29, 1.82) is 0 Å². The molecule has 0 radical (unpaired) electrons. The topological polar surface area (TPSA) is 60.8 Å². The Bertz CT molecular complexity index is 924. The van der Waals surface area contributed by atoms with Gasteiger partial charge in [-0.2, -0.15) is 0 Å². The van der Waals surface area contributed by atoms with E-state index in [0.29, 0.717) is 30.4 Å². The zero-order valence-corrected chi connectivity index (χ0v) is 17.1. The van der Waals surface area contributed by atoms with Gasteiger partial charge >= 0.3 is 5.97 Å². The van der Waals surface area contributed by atoms with Crippen LogP contribution in [0.5, 0.6) is 5.75 Å². The molecule has 3 rings (SSSR count). The Morgan fingerprint density at radius 1 is 1.32 bits per heavy atom. The van der Waals surface area contributed by atoms with Crippen LogP contribution in [0.15, 0.2) is 30.4 Å². The molecule has 2 aromatic rings. The Kier molecular flexibility index (Phi) is 5.77. The van der Waals surface area contributed by atoms with Crippen molar-refractivity contribution in [2.45, 2.75) is 39.7 Å². The summed E-state index contributed by atoms with van der Waals surface area (Å²) < 4.78 is 13.0. The van der Waals surface area contributed by atoms with Crippen LogP contribution in [-0.2, 0) is 9.53 Å². The number of ether oxygens (including phenoxy) is 2. The van der Waals surface area contributed by atoms with Gasteiger partial charge in [0, 0.05) is 35.7 Å². The lowest BCUT2D eigenvalue weighted by atomic mass is 10.1. The molecular weight excluding hydrogens is 356 g/mol. The second-order valence-electron chi connectivity index (χ2n) is 7.39. The molecule has 1 aliphatic carbocycles. The van der Waals surface area contributed by atoms with Crippen molar-refractivity contribution < 1.29 is 19.1 Å². The Labute approximate surface area is 165 Å². The van der Waals surface area contributed by atoms with Crippen molar-refractivity contribution in [2.24, 2.45) is 0 Å². The lowest BCUT2D eigenvalue weighted by Crippen LogP contribution is -2.35. The van der Waals surface area contributed by atoms with Crippen molar-refractivity contribution in [3.05, 3.63) is 41.6 Å². The number of methoxy groups -OCH3 is 1. The number of esters is 1. The lowest BCUT2D eigenvalue weighted by molar-refractivity contribution is -0.133. The predicted octanol–water partition coefficient (Wildman–Crippen LogP) is 3.87. The van der Waals surface area contributed by atoms with Crippen molar-refractivity contribution in [1.82, 2.24) is 9.47 Å². The molecule has 0 spiro atoms. The Morgan fingerprint density at radius 2 is 2.04 bits per heavy atom. The Hall–Kier alpha value is -2.76. The van der Waals surface area contributed by atoms with E-state index >= 15 is 0 Å². The molecule has 1 amide bonds. The van der Waals surface area contributed by atoms with E-state index in [1.807, 2.05) is 39.0 Å². The fourth-order valence-electron chi connectivity index (χ4n) is 3.60. The van der Waals surface area contributed by atoms with E-state index < -0.39 is 5.97 Å². The highest BCUT2D eigenvalue weighted by Crippen LogP contribution is 2.42. The molecule has 0 saturated heterocycles. The summed E-state index contributed by atoms with van der Waals surface area (Å²) in [6, 6.07) is 6.16. The summed E-state index contributed by atoms with van der Waals surface area (Å²) in [5, 5.41) is 0.801. The maximum Gasteiger partial charge on any atom is 0.341 e. The first kappa shape index (κ1) is 20.0. The highest BCUT2D eigenvalue weighted by Gasteiger charge is 2.31. The van der Waals surface area contributed by atoms with Gasteiger partial charge in [0.05, 0.1) is 12.7 Å². The van der Waals surface area contributed by atoms with Gasteiger partial charge in [0.1, 0.15) is 5.75 Å². The van der Waals surface area contributed by atoms with Crippen LogP contribution in [0.2, 0.25) is 0 Å². The number of amides is 1. The molecule has 1 fully saturated rings. The minimum Gasteiger partial charge on any atom is -0.497 e. The number of likely N-dealkylation sites (N-methyl/N-ethyl adjacent to an activating group) is 1. The molecule has 0 N–H and O–H groups in total. The van der Waals surface area contributed by atoms with E-state index in [9.17, 15) is 9.59 Å². The van der Waals surface area contributed by atoms with E-state index in [1.54, 1.807) is 12.0 Å². The quantitative estimate of drug-likeness (QED) is 0.512. The highest BCUT2D eigenvalue weighted by atomic mass is 16.5. The first-order valence-electron chi connectivity index (χ1n) is 9.65. The zero-order valence-electron chi connectivity index (χ0n) is 17.1. The van der Waals surface area contributed by atoms with Gasteiger partial charge in [0.15, 0.2) is 6.61 Å². The van der Waals surface area contributed by atoms with Gasteiger partial charge in [-0.15, -0.1) is 0 Å². The second-order valence-corrected chi connectivity index (χ2v) is 7.39. The standard InChI is InChI=1S/C22H28N2O4/c1-6-23(12-14(2)3)20(25)13-28-22(26)21-15(4)24(16-7-8-16)19-10-9-17(27-5)11-18(19)21/h9-11,16H,2,6-8,12-13H2,1,3-5H3. The van der Waals surface area contributed by atoms with Crippen LogP contribution in [-0.4, -0.2) is 48.1 Å². The maximum atomic E-state index is 12.9. The molecule has 1 aromatic carbocycles. The monoisotopic (exact) mass is 384 g/mol. The maximum absolute atomic E-state index is 12.9. The molecule has 6 nitrogen and oxygen atoms in total. The summed E-state index contributed by atoms with van der Waals surface area (Å²) in [7, 11) is 1.60. The van der Waals surface area contributed by atoms with Gasteiger partial charge < -0.3 is 18.9 Å². The number of rotatable bonds is 8. The summed E-state index contributed by atoms with van der Waals surface area (Å²) in [5.41, 5.74) is 3.27. The average molecular weight is 384 g/mol. The minimum absolute atomic E-state index is 0.222. The van der Waals surface area contributed by atoms with E-state index in [1.165, 1.54) is 0 Å². The number of benzene rings is 1. The smallest absolute Gasteiger partial charge is 0.341 e. The molecule has 1 aromatic heterocycles. The Balaban J connectivity index is 1.86. The van der Waals surface area contributed by atoms with Gasteiger partial charge in [-0.3, -0.25) is 4.79 Å². The largest absolute Gasteiger partial charge is 0.497 e. The van der Waals surface area contributed by atoms with Gasteiger partial charge in [0.25, 0.3) is 5.91 Å². The van der Waals surface area contributed by atoms with Crippen molar-refractivity contribution >= 4 is 22.8 Å². The van der Waals surface area contributed by atoms with Crippen LogP contribution in [0.4, 0.5) is 0 Å². The molecule has 1 saturated carbocycles. The predicted molar refractivity (Wildman–Crippen MR) is 109 cm³/mol. The molecule has 0 aliphatic heterocycles. The number of nitrogens with zero attached hydrogens (tertiary/aromatic N) is 2. The van der Waals surface area contributed by atoms with Crippen molar-refractivity contribution in [3.63, 3.8) is 0 Å². The van der Waals surface area contributed by atoms with E-state index in [2.05, 4.69) is 11.1 Å². The summed E-state index contributed by atoms with van der Waals surface area (Å²) in [4.78, 5) is 26.9. The first-order chi connectivity index (χ1) is 13.4. The van der Waals surface area contributed by atoms with E-state index in [4.69, 9.17) is 9.47 Å². The van der Waals surface area contributed by atoms with Crippen molar-refractivity contribution in [3.8, 4) is 5.75 Å². The van der Waals surface area contributed by atoms with E-state index in [-0.39, 0.29) is 12.5 Å². The minimum atomic E-state index is -0.477. The first-order valence-corrected chi connectivity index (χ1v) is 9.65. The number of aromatic nitrogens is 1. The molecule has 1 heterocycles. The lowest BCUT2D eigenvalue weighted by Gasteiger charge is -2.20. The summed E-state index contributed by atoms with van der Waals surface area (Å²) in [6.45, 7) is 10.3. The third-order valence-corrected chi connectivity index (χ3v) is 5.09. The summed E-state index contributed by atoms with van der Waals surface area (Å²) in [5.74, 6) is -0.0147. The highest BCUT2D eigenvalue weighted by molar-refractivity contribution is 6.07. The van der Waals surface area contributed by atoms with Crippen LogP contribution in [0.25, 0.3) is 10.9 Å². The van der Waals surface area contributed by atoms with Gasteiger partial charge in [-0.1, -0.05) is 12.2 Å². The fourth-order valence-corrected chi connectivity index (χ4v) is 3.60. The third-order valence-electron chi connectivity index (χ3n) is 5.09. The average Bonchev–Trinajstić information content (AvgIpc) is 3.46. The fraction of sp³-hybridized carbons (Fsp3) is 0.455. The molecule has 0 unspecified atom stereocenters. The second kappa shape index (κ2) is 8.09. The SMILES string of the molecule is C=C(C)CN(CC)C(=O)COC(=O)c1c(C)n(C2CC2)c2ccc(OC)cc12. The normalized spacial score (nSPS) is 13.4. The number of fused-ring (bicyclic) bond motifs is 1. The Morgan fingerprint density at radius 3 is 2.61 bits per heavy atom. The number of carbonyl (C=O) groups is 2. The third kappa shape index (κ3) is 3.91. The van der Waals surface area contributed by atoms with Crippen LogP contribution in [0.3, 0.4) is 0 Å². The molecule has 28 heavy (non-hydrogen) atoms. The van der Waals surface area contributed by atoms with E-state index in [0.717, 1.165) is 35.0 Å². The van der Waals surface area contributed by atoms with Gasteiger partial charge in [0.2, 0.25) is 0 Å². The number of carbonyl (C=O) groups excluding carboxylic acids is 2. The summed E-state index contributed by atoms with van der Waals surface area (Å²) in [6.07, 6.45) is 2.21. The zero-order chi connectivity index (χ0) is 20.4. The molecule has 0 atom stereocenters. The van der Waals surface area contributed by atoms with Crippen molar-refractivity contribution in [2.75, 3.05) is 26.8 Å². The van der Waals surface area contributed by atoms with Gasteiger partial charge in [-0.05, 0) is 51.8 Å².